The number of hydrogen-bond donors (Lipinski definition) is 0. The van der Waals surface area contributed by atoms with E-state index in [1.54, 1.807) is 42.7 Å². The van der Waals surface area contributed by atoms with Crippen LogP contribution in [-0.4, -0.2) is 14.7 Å². The maximum Gasteiger partial charge on any atom is 0.471 e. The average molecular weight is 318 g/mol. The third-order valence-electron chi connectivity index (χ3n) is 3.13. The Kier molecular flexibility index (Phi) is 3.62. The van der Waals surface area contributed by atoms with Gasteiger partial charge >= 0.3 is 12.1 Å². The van der Waals surface area contributed by atoms with E-state index in [4.69, 9.17) is 5.26 Å². The van der Waals surface area contributed by atoms with E-state index in [2.05, 4.69) is 14.7 Å². The zero-order valence-corrected chi connectivity index (χ0v) is 11.6. The number of nitrogens with zero attached hydrogens (tertiary/aromatic N) is 4. The zero-order chi connectivity index (χ0) is 16.4. The van der Waals surface area contributed by atoms with Crippen molar-refractivity contribution in [3.05, 3.63) is 59.7 Å². The Hall–Kier alpha value is -3.08. The van der Waals surface area contributed by atoms with E-state index in [1.807, 2.05) is 10.6 Å². The minimum Gasteiger partial charge on any atom is -0.349 e. The van der Waals surface area contributed by atoms with Gasteiger partial charge in [-0.15, -0.1) is 0 Å². The predicted octanol–water partition coefficient (Wildman–Crippen LogP) is 3.48. The number of rotatable bonds is 3. The van der Waals surface area contributed by atoms with Gasteiger partial charge in [0.1, 0.15) is 6.07 Å². The van der Waals surface area contributed by atoms with Crippen LogP contribution in [0.4, 0.5) is 13.2 Å². The van der Waals surface area contributed by atoms with Crippen LogP contribution in [0, 0.1) is 11.3 Å². The van der Waals surface area contributed by atoms with Gasteiger partial charge in [0.05, 0.1) is 5.56 Å². The smallest absolute Gasteiger partial charge is 0.349 e. The summed E-state index contributed by atoms with van der Waals surface area (Å²) in [5, 5.41) is 12.1. The second-order valence-electron chi connectivity index (χ2n) is 4.80. The van der Waals surface area contributed by atoms with E-state index in [9.17, 15) is 13.2 Å². The van der Waals surface area contributed by atoms with Crippen LogP contribution in [-0.2, 0) is 12.7 Å². The van der Waals surface area contributed by atoms with E-state index >= 15 is 0 Å². The molecule has 0 radical (unpaired) electrons. The Morgan fingerprint density at radius 1 is 1.17 bits per heavy atom. The normalized spacial score (nSPS) is 11.4. The number of hydrogen-bond acceptors (Lipinski definition) is 4. The molecule has 2 aromatic heterocycles. The van der Waals surface area contributed by atoms with Gasteiger partial charge in [-0.25, -0.2) is 0 Å². The highest BCUT2D eigenvalue weighted by molar-refractivity contribution is 5.54. The molecule has 0 amide bonds. The van der Waals surface area contributed by atoms with Gasteiger partial charge in [0, 0.05) is 24.5 Å². The van der Waals surface area contributed by atoms with Crippen LogP contribution < -0.4 is 0 Å². The van der Waals surface area contributed by atoms with Gasteiger partial charge in [-0.05, 0) is 11.6 Å². The molecular formula is C15H9F3N4O. The molecule has 0 aliphatic rings. The molecule has 0 N–H and O–H groups in total. The summed E-state index contributed by atoms with van der Waals surface area (Å²) in [6.07, 6.45) is -1.16. The third kappa shape index (κ3) is 3.23. The summed E-state index contributed by atoms with van der Waals surface area (Å²) >= 11 is 0. The molecule has 8 heteroatoms. The fourth-order valence-corrected chi connectivity index (χ4v) is 2.03. The highest BCUT2D eigenvalue weighted by Gasteiger charge is 2.38. The molecule has 0 unspecified atom stereocenters. The second-order valence-corrected chi connectivity index (χ2v) is 4.80. The maximum absolute atomic E-state index is 12.4. The monoisotopic (exact) mass is 318 g/mol. The standard InChI is InChI=1S/C15H9F3N4O/c16-15(17,18)14-20-13(21-23-14)12-3-1-10(2-4-12)8-22-6-5-11(7-19)9-22/h1-6,9H,8H2. The molecular weight excluding hydrogens is 309 g/mol. The third-order valence-corrected chi connectivity index (χ3v) is 3.13. The first-order valence-electron chi connectivity index (χ1n) is 6.52. The first-order valence-corrected chi connectivity index (χ1v) is 6.52. The Labute approximate surface area is 128 Å². The number of halogens is 3. The molecule has 0 aliphatic heterocycles. The van der Waals surface area contributed by atoms with Gasteiger partial charge in [-0.1, -0.05) is 29.4 Å². The minimum atomic E-state index is -4.65. The molecule has 3 rings (SSSR count). The van der Waals surface area contributed by atoms with E-state index in [0.29, 0.717) is 17.7 Å². The molecule has 0 bridgehead atoms. The van der Waals surface area contributed by atoms with Crippen molar-refractivity contribution in [2.24, 2.45) is 0 Å². The lowest BCUT2D eigenvalue weighted by Gasteiger charge is -2.03. The molecule has 2 heterocycles. The highest BCUT2D eigenvalue weighted by atomic mass is 19.4. The molecule has 0 saturated carbocycles. The summed E-state index contributed by atoms with van der Waals surface area (Å²) in [7, 11) is 0. The van der Waals surface area contributed by atoms with E-state index in [1.165, 1.54) is 0 Å². The van der Waals surface area contributed by atoms with Crippen LogP contribution in [0.25, 0.3) is 11.4 Å². The zero-order valence-electron chi connectivity index (χ0n) is 11.6. The van der Waals surface area contributed by atoms with Crippen molar-refractivity contribution in [1.29, 1.82) is 5.26 Å². The average Bonchev–Trinajstić information content (AvgIpc) is 3.16. The van der Waals surface area contributed by atoms with E-state index in [0.717, 1.165) is 5.56 Å². The van der Waals surface area contributed by atoms with Crippen molar-refractivity contribution in [2.45, 2.75) is 12.7 Å². The number of benzene rings is 1. The Morgan fingerprint density at radius 3 is 2.48 bits per heavy atom. The van der Waals surface area contributed by atoms with Crippen LogP contribution in [0.15, 0.2) is 47.2 Å². The van der Waals surface area contributed by atoms with Crippen LogP contribution >= 0.6 is 0 Å². The van der Waals surface area contributed by atoms with Crippen LogP contribution in [0.5, 0.6) is 0 Å². The Bertz CT molecular complexity index is 856. The summed E-state index contributed by atoms with van der Waals surface area (Å²) in [5.41, 5.74) is 1.92. The summed E-state index contributed by atoms with van der Waals surface area (Å²) in [5.74, 6) is -1.48. The van der Waals surface area contributed by atoms with Gasteiger partial charge in [-0.3, -0.25) is 0 Å². The van der Waals surface area contributed by atoms with Crippen molar-refractivity contribution in [1.82, 2.24) is 14.7 Å². The largest absolute Gasteiger partial charge is 0.471 e. The molecule has 0 atom stereocenters. The topological polar surface area (TPSA) is 67.6 Å². The molecule has 116 valence electrons. The van der Waals surface area contributed by atoms with Gasteiger partial charge in [0.2, 0.25) is 5.82 Å². The van der Waals surface area contributed by atoms with Crippen molar-refractivity contribution in [2.75, 3.05) is 0 Å². The van der Waals surface area contributed by atoms with Gasteiger partial charge in [0.15, 0.2) is 0 Å². The lowest BCUT2D eigenvalue weighted by atomic mass is 10.1. The molecule has 0 spiro atoms. The van der Waals surface area contributed by atoms with Crippen LogP contribution in [0.1, 0.15) is 17.0 Å². The first-order chi connectivity index (χ1) is 11.0. The summed E-state index contributed by atoms with van der Waals surface area (Å²) in [4.78, 5) is 3.34. The Morgan fingerprint density at radius 2 is 1.91 bits per heavy atom. The van der Waals surface area contributed by atoms with Crippen molar-refractivity contribution < 1.29 is 17.7 Å². The number of aromatic nitrogens is 3. The minimum absolute atomic E-state index is 0.114. The summed E-state index contributed by atoms with van der Waals surface area (Å²) in [6.45, 7) is 0.544. The van der Waals surface area contributed by atoms with Gasteiger partial charge in [-0.2, -0.15) is 23.4 Å². The lowest BCUT2D eigenvalue weighted by molar-refractivity contribution is -0.159. The summed E-state index contributed by atoms with van der Waals surface area (Å²) < 4.78 is 43.3. The first kappa shape index (κ1) is 14.8. The fourth-order valence-electron chi connectivity index (χ4n) is 2.03. The molecule has 5 nitrogen and oxygen atoms in total. The lowest BCUT2D eigenvalue weighted by Crippen LogP contribution is -2.04. The quantitative estimate of drug-likeness (QED) is 0.741. The number of alkyl halides is 3. The molecule has 0 saturated heterocycles. The van der Waals surface area contributed by atoms with Crippen molar-refractivity contribution in [3.8, 4) is 17.5 Å². The van der Waals surface area contributed by atoms with Gasteiger partial charge in [0.25, 0.3) is 0 Å². The van der Waals surface area contributed by atoms with Crippen LogP contribution in [0.2, 0.25) is 0 Å². The Balaban J connectivity index is 1.77. The van der Waals surface area contributed by atoms with Crippen molar-refractivity contribution in [3.63, 3.8) is 0 Å². The predicted molar refractivity (Wildman–Crippen MR) is 73.0 cm³/mol. The van der Waals surface area contributed by atoms with Crippen LogP contribution in [0.3, 0.4) is 0 Å². The second kappa shape index (κ2) is 5.61. The molecule has 1 aromatic carbocycles. The maximum atomic E-state index is 12.4. The van der Waals surface area contributed by atoms with E-state index < -0.39 is 12.1 Å². The fraction of sp³-hybridized carbons (Fsp3) is 0.133. The molecule has 23 heavy (non-hydrogen) atoms. The summed E-state index contributed by atoms with van der Waals surface area (Å²) in [6, 6.07) is 10.5. The molecule has 0 fully saturated rings. The molecule has 0 aliphatic carbocycles. The van der Waals surface area contributed by atoms with E-state index in [-0.39, 0.29) is 5.82 Å². The molecule has 3 aromatic rings. The SMILES string of the molecule is N#Cc1ccn(Cc2ccc(-c3noc(C(F)(F)F)n3)cc2)c1. The van der Waals surface area contributed by atoms with Gasteiger partial charge < -0.3 is 9.09 Å². The highest BCUT2D eigenvalue weighted by Crippen LogP contribution is 2.29. The number of nitriles is 1. The van der Waals surface area contributed by atoms with Crippen molar-refractivity contribution >= 4 is 0 Å².